The molecule has 8 nitrogen and oxygen atoms in total. The number of hydrogen-bond acceptors (Lipinski definition) is 8. The lowest BCUT2D eigenvalue weighted by molar-refractivity contribution is -0.117. The number of nitrogens with zero attached hydrogens (tertiary/aromatic N) is 3. The summed E-state index contributed by atoms with van der Waals surface area (Å²) in [6.45, 7) is 1.95. The number of carbonyl (C=O) groups excluding carboxylic acids is 1. The van der Waals surface area contributed by atoms with Gasteiger partial charge in [0.2, 0.25) is 17.7 Å². The highest BCUT2D eigenvalue weighted by atomic mass is 32.1. The first-order chi connectivity index (χ1) is 14.7. The highest BCUT2D eigenvalue weighted by Crippen LogP contribution is 2.31. The molecule has 1 aromatic carbocycles. The van der Waals surface area contributed by atoms with Crippen LogP contribution in [0.5, 0.6) is 11.5 Å². The van der Waals surface area contributed by atoms with Crippen molar-refractivity contribution in [2.75, 3.05) is 39.2 Å². The van der Waals surface area contributed by atoms with Crippen LogP contribution in [0, 0.1) is 0 Å². The first-order valence-electron chi connectivity index (χ1n) is 9.76. The summed E-state index contributed by atoms with van der Waals surface area (Å²) in [5.41, 5.74) is 1.64. The van der Waals surface area contributed by atoms with Crippen LogP contribution in [0.1, 0.15) is 24.7 Å². The van der Waals surface area contributed by atoms with Crippen LogP contribution in [0.25, 0.3) is 11.5 Å². The van der Waals surface area contributed by atoms with Crippen molar-refractivity contribution in [1.82, 2.24) is 15.1 Å². The molecule has 9 heteroatoms. The number of likely N-dealkylation sites (tertiary alicyclic amines) is 1. The molecule has 0 unspecified atom stereocenters. The molecular weight excluding hydrogens is 404 g/mol. The molecule has 1 saturated heterocycles. The zero-order valence-corrected chi connectivity index (χ0v) is 17.8. The standard InChI is InChI=1S/C21H24N4O4S/c1-27-17-4-3-16(11-18(17)28-2)22-19(26)12-25-8-5-14(6-9-25)20-23-24-21(29-20)15-7-10-30-13-15/h3-4,7,10-11,13-14H,5-6,8-9,12H2,1-2H3,(H,22,26). The molecule has 0 bridgehead atoms. The molecule has 0 radical (unpaired) electrons. The molecule has 30 heavy (non-hydrogen) atoms. The maximum absolute atomic E-state index is 12.5. The fourth-order valence-electron chi connectivity index (χ4n) is 3.56. The minimum Gasteiger partial charge on any atom is -0.493 e. The quantitative estimate of drug-likeness (QED) is 0.614. The van der Waals surface area contributed by atoms with Gasteiger partial charge in [0.05, 0.1) is 20.8 Å². The lowest BCUT2D eigenvalue weighted by Gasteiger charge is -2.29. The van der Waals surface area contributed by atoms with Crippen molar-refractivity contribution in [2.45, 2.75) is 18.8 Å². The topological polar surface area (TPSA) is 89.7 Å². The van der Waals surface area contributed by atoms with Gasteiger partial charge in [-0.1, -0.05) is 0 Å². The van der Waals surface area contributed by atoms with Gasteiger partial charge in [0.25, 0.3) is 0 Å². The van der Waals surface area contributed by atoms with Crippen molar-refractivity contribution in [3.8, 4) is 23.0 Å². The summed E-state index contributed by atoms with van der Waals surface area (Å²) in [5.74, 6) is 2.64. The SMILES string of the molecule is COc1ccc(NC(=O)CN2CCC(c3nnc(-c4ccsc4)o3)CC2)cc1OC. The first-order valence-corrected chi connectivity index (χ1v) is 10.7. The van der Waals surface area contributed by atoms with Gasteiger partial charge >= 0.3 is 0 Å². The Balaban J connectivity index is 1.28. The van der Waals surface area contributed by atoms with Crippen LogP contribution in [0.15, 0.2) is 39.4 Å². The Kier molecular flexibility index (Phi) is 6.29. The molecule has 158 valence electrons. The van der Waals surface area contributed by atoms with E-state index in [-0.39, 0.29) is 11.8 Å². The van der Waals surface area contributed by atoms with Gasteiger partial charge in [-0.2, -0.15) is 11.3 Å². The number of carbonyl (C=O) groups is 1. The average Bonchev–Trinajstić information content (AvgIpc) is 3.46. The fourth-order valence-corrected chi connectivity index (χ4v) is 4.19. The number of benzene rings is 1. The molecule has 0 saturated carbocycles. The van der Waals surface area contributed by atoms with E-state index in [1.807, 2.05) is 16.8 Å². The molecule has 2 aromatic heterocycles. The van der Waals surface area contributed by atoms with E-state index in [1.54, 1.807) is 43.8 Å². The second-order valence-electron chi connectivity index (χ2n) is 7.13. The highest BCUT2D eigenvalue weighted by Gasteiger charge is 2.26. The van der Waals surface area contributed by atoms with Crippen LogP contribution >= 0.6 is 11.3 Å². The van der Waals surface area contributed by atoms with E-state index in [2.05, 4.69) is 20.4 Å². The molecule has 3 heterocycles. The van der Waals surface area contributed by atoms with Crippen molar-refractivity contribution >= 4 is 22.9 Å². The Hall–Kier alpha value is -2.91. The van der Waals surface area contributed by atoms with Crippen LogP contribution < -0.4 is 14.8 Å². The van der Waals surface area contributed by atoms with Gasteiger partial charge in [0, 0.05) is 28.6 Å². The summed E-state index contributed by atoms with van der Waals surface area (Å²) in [7, 11) is 3.15. The minimum absolute atomic E-state index is 0.0572. The Labute approximate surface area is 178 Å². The zero-order chi connectivity index (χ0) is 20.9. The highest BCUT2D eigenvalue weighted by molar-refractivity contribution is 7.08. The number of hydrogen-bond donors (Lipinski definition) is 1. The molecule has 0 atom stereocenters. The molecule has 1 fully saturated rings. The van der Waals surface area contributed by atoms with Crippen molar-refractivity contribution in [1.29, 1.82) is 0 Å². The van der Waals surface area contributed by atoms with Gasteiger partial charge in [0.15, 0.2) is 11.5 Å². The van der Waals surface area contributed by atoms with Gasteiger partial charge in [0.1, 0.15) is 0 Å². The maximum Gasteiger partial charge on any atom is 0.248 e. The summed E-state index contributed by atoms with van der Waals surface area (Å²) in [6.07, 6.45) is 1.77. The largest absolute Gasteiger partial charge is 0.493 e. The fraction of sp³-hybridized carbons (Fsp3) is 0.381. The second-order valence-corrected chi connectivity index (χ2v) is 7.91. The minimum atomic E-state index is -0.0572. The third kappa shape index (κ3) is 4.63. The van der Waals surface area contributed by atoms with Gasteiger partial charge in [-0.15, -0.1) is 10.2 Å². The predicted molar refractivity (Wildman–Crippen MR) is 114 cm³/mol. The number of ether oxygens (including phenoxy) is 2. The van der Waals surface area contributed by atoms with E-state index in [4.69, 9.17) is 13.9 Å². The van der Waals surface area contributed by atoms with E-state index in [0.717, 1.165) is 31.5 Å². The molecule has 1 aliphatic heterocycles. The molecule has 0 aliphatic carbocycles. The predicted octanol–water partition coefficient (Wildman–Crippen LogP) is 3.63. The molecule has 1 amide bonds. The van der Waals surface area contributed by atoms with E-state index in [0.29, 0.717) is 35.5 Å². The van der Waals surface area contributed by atoms with Crippen LogP contribution in [-0.4, -0.2) is 54.9 Å². The monoisotopic (exact) mass is 428 g/mol. The normalized spacial score (nSPS) is 15.1. The average molecular weight is 429 g/mol. The van der Waals surface area contributed by atoms with Gasteiger partial charge < -0.3 is 19.2 Å². The number of thiophene rings is 1. The van der Waals surface area contributed by atoms with E-state index >= 15 is 0 Å². The van der Waals surface area contributed by atoms with Crippen LogP contribution in [0.3, 0.4) is 0 Å². The third-order valence-corrected chi connectivity index (χ3v) is 5.86. The summed E-state index contributed by atoms with van der Waals surface area (Å²) >= 11 is 1.60. The lowest BCUT2D eigenvalue weighted by Crippen LogP contribution is -2.38. The molecule has 1 aliphatic rings. The Morgan fingerprint density at radius 2 is 2.00 bits per heavy atom. The van der Waals surface area contributed by atoms with E-state index in [1.165, 1.54) is 0 Å². The molecule has 3 aromatic rings. The summed E-state index contributed by atoms with van der Waals surface area (Å²) < 4.78 is 16.4. The van der Waals surface area contributed by atoms with Crippen molar-refractivity contribution < 1.29 is 18.7 Å². The van der Waals surface area contributed by atoms with Crippen LogP contribution in [0.4, 0.5) is 5.69 Å². The zero-order valence-electron chi connectivity index (χ0n) is 17.0. The third-order valence-electron chi connectivity index (χ3n) is 5.18. The van der Waals surface area contributed by atoms with Crippen molar-refractivity contribution in [3.63, 3.8) is 0 Å². The summed E-state index contributed by atoms with van der Waals surface area (Å²) in [5, 5.41) is 15.3. The van der Waals surface area contributed by atoms with Crippen molar-refractivity contribution in [3.05, 3.63) is 40.9 Å². The number of methoxy groups -OCH3 is 2. The Bertz CT molecular complexity index is 981. The smallest absolute Gasteiger partial charge is 0.248 e. The Morgan fingerprint density at radius 1 is 1.20 bits per heavy atom. The van der Waals surface area contributed by atoms with Crippen molar-refractivity contribution in [2.24, 2.45) is 0 Å². The van der Waals surface area contributed by atoms with Gasteiger partial charge in [-0.3, -0.25) is 9.69 Å². The van der Waals surface area contributed by atoms with Crippen LogP contribution in [-0.2, 0) is 4.79 Å². The van der Waals surface area contributed by atoms with E-state index < -0.39 is 0 Å². The van der Waals surface area contributed by atoms with Gasteiger partial charge in [-0.25, -0.2) is 0 Å². The molecular formula is C21H24N4O4S. The Morgan fingerprint density at radius 3 is 2.70 bits per heavy atom. The number of piperidine rings is 1. The number of aromatic nitrogens is 2. The number of amides is 1. The number of rotatable bonds is 7. The molecule has 1 N–H and O–H groups in total. The number of nitrogens with one attached hydrogen (secondary N) is 1. The maximum atomic E-state index is 12.5. The first kappa shape index (κ1) is 20.4. The number of anilines is 1. The summed E-state index contributed by atoms with van der Waals surface area (Å²) in [6, 6.07) is 7.30. The van der Waals surface area contributed by atoms with Crippen LogP contribution in [0.2, 0.25) is 0 Å². The van der Waals surface area contributed by atoms with E-state index in [9.17, 15) is 4.79 Å². The second kappa shape index (κ2) is 9.27. The van der Waals surface area contributed by atoms with Gasteiger partial charge in [-0.05, 0) is 49.5 Å². The lowest BCUT2D eigenvalue weighted by atomic mass is 9.97. The summed E-state index contributed by atoms with van der Waals surface area (Å²) in [4.78, 5) is 14.6. The molecule has 4 rings (SSSR count). The molecule has 0 spiro atoms.